The van der Waals surface area contributed by atoms with Crippen molar-refractivity contribution in [3.8, 4) is 11.9 Å². The van der Waals surface area contributed by atoms with Crippen LogP contribution in [-0.4, -0.2) is 54.5 Å². The van der Waals surface area contributed by atoms with E-state index in [-0.39, 0.29) is 12.2 Å². The molecular weight excluding hydrogens is 448 g/mol. The zero-order valence-corrected chi connectivity index (χ0v) is 22.0. The number of aryl methyl sites for hydroxylation is 1. The number of aromatic nitrogens is 2. The fourth-order valence-corrected chi connectivity index (χ4v) is 8.20. The minimum Gasteiger partial charge on any atom is -0.474 e. The molecule has 0 amide bonds. The maximum Gasteiger partial charge on any atom is 0.225 e. The first kappa shape index (κ1) is 23.2. The smallest absolute Gasteiger partial charge is 0.225 e. The molecule has 2 aromatic rings. The lowest BCUT2D eigenvalue weighted by Crippen LogP contribution is -2.38. The average Bonchev–Trinajstić information content (AvgIpc) is 3.51. The van der Waals surface area contributed by atoms with Gasteiger partial charge in [-0.2, -0.15) is 5.26 Å². The molecule has 5 rings (SSSR count). The molecule has 0 bridgehead atoms. The predicted molar refractivity (Wildman–Crippen MR) is 134 cm³/mol. The monoisotopic (exact) mass is 484 g/mol. The molecule has 8 heteroatoms. The van der Waals surface area contributed by atoms with Crippen molar-refractivity contribution in [3.63, 3.8) is 0 Å². The Morgan fingerprint density at radius 1 is 1.15 bits per heavy atom. The van der Waals surface area contributed by atoms with Gasteiger partial charge in [0.05, 0.1) is 11.5 Å². The standard InChI is InChI=1S/C25H36N4O2SSi/c1-33(2,3)31-20(15-26)14-17-6-11-21-22(17)23-24(27-16-28-25(23)32-21)30-19-9-7-18(8-10-19)29-12-4-5-13-29/h16-20H,4-14H2,1-3H3/t17-,18?,19?,20?/m1/s1. The quantitative estimate of drug-likeness (QED) is 0.474. The predicted octanol–water partition coefficient (Wildman–Crippen LogP) is 5.64. The Bertz CT molecular complexity index is 1020. The summed E-state index contributed by atoms with van der Waals surface area (Å²) in [4.78, 5) is 14.3. The van der Waals surface area contributed by atoms with Gasteiger partial charge in [0.1, 0.15) is 23.4 Å². The van der Waals surface area contributed by atoms with Crippen LogP contribution in [-0.2, 0) is 10.8 Å². The molecule has 2 aliphatic carbocycles. The summed E-state index contributed by atoms with van der Waals surface area (Å²) in [7, 11) is -1.77. The zero-order valence-electron chi connectivity index (χ0n) is 20.2. The Morgan fingerprint density at radius 2 is 1.91 bits per heavy atom. The largest absolute Gasteiger partial charge is 0.474 e. The molecule has 178 valence electrons. The van der Waals surface area contributed by atoms with Crippen LogP contribution in [0.5, 0.6) is 5.88 Å². The first-order valence-corrected chi connectivity index (χ1v) is 16.9. The summed E-state index contributed by atoms with van der Waals surface area (Å²) in [6.45, 7) is 8.99. The summed E-state index contributed by atoms with van der Waals surface area (Å²) in [5.41, 5.74) is 1.33. The second kappa shape index (κ2) is 9.61. The molecule has 0 spiro atoms. The maximum absolute atomic E-state index is 9.73. The van der Waals surface area contributed by atoms with Crippen LogP contribution in [0, 0.1) is 11.3 Å². The lowest BCUT2D eigenvalue weighted by Gasteiger charge is -2.34. The van der Waals surface area contributed by atoms with Crippen LogP contribution in [0.15, 0.2) is 6.33 Å². The SMILES string of the molecule is C[Si](C)(C)OC(C#N)C[C@H]1CCc2sc3ncnc(OC4CCC(N5CCCC5)CC4)c3c21. The van der Waals surface area contributed by atoms with Gasteiger partial charge in [-0.05, 0) is 102 Å². The van der Waals surface area contributed by atoms with E-state index in [0.29, 0.717) is 5.92 Å². The van der Waals surface area contributed by atoms with Crippen molar-refractivity contribution < 1.29 is 9.16 Å². The van der Waals surface area contributed by atoms with E-state index in [1.807, 2.05) is 0 Å². The molecule has 0 radical (unpaired) electrons. The van der Waals surface area contributed by atoms with Gasteiger partial charge in [-0.25, -0.2) is 9.97 Å². The number of likely N-dealkylation sites (tertiary alicyclic amines) is 1. The molecule has 3 aliphatic rings. The molecule has 6 nitrogen and oxygen atoms in total. The van der Waals surface area contributed by atoms with Gasteiger partial charge in [-0.1, -0.05) is 0 Å². The van der Waals surface area contributed by atoms with E-state index >= 15 is 0 Å². The van der Waals surface area contributed by atoms with Crippen LogP contribution in [0.2, 0.25) is 19.6 Å². The van der Waals surface area contributed by atoms with Crippen molar-refractivity contribution in [1.82, 2.24) is 14.9 Å². The van der Waals surface area contributed by atoms with Gasteiger partial charge >= 0.3 is 0 Å². The summed E-state index contributed by atoms with van der Waals surface area (Å²) < 4.78 is 12.7. The van der Waals surface area contributed by atoms with E-state index in [4.69, 9.17) is 9.16 Å². The van der Waals surface area contributed by atoms with Gasteiger partial charge in [-0.3, -0.25) is 0 Å². The number of hydrogen-bond donors (Lipinski definition) is 0. The van der Waals surface area contributed by atoms with Gasteiger partial charge in [0.25, 0.3) is 0 Å². The topological polar surface area (TPSA) is 71.3 Å². The fourth-order valence-electron chi connectivity index (χ4n) is 5.97. The summed E-state index contributed by atoms with van der Waals surface area (Å²) in [5, 5.41) is 10.8. The summed E-state index contributed by atoms with van der Waals surface area (Å²) >= 11 is 1.78. The molecule has 2 aromatic heterocycles. The molecule has 1 saturated heterocycles. The molecule has 2 fully saturated rings. The van der Waals surface area contributed by atoms with E-state index in [1.54, 1.807) is 17.7 Å². The van der Waals surface area contributed by atoms with Crippen molar-refractivity contribution in [1.29, 1.82) is 5.26 Å². The minimum atomic E-state index is -1.77. The summed E-state index contributed by atoms with van der Waals surface area (Å²) in [6, 6.07) is 3.15. The third kappa shape index (κ3) is 5.12. The number of ether oxygens (including phenoxy) is 1. The number of thiophene rings is 1. The Kier molecular flexibility index (Phi) is 6.76. The van der Waals surface area contributed by atoms with Crippen LogP contribution in [0.25, 0.3) is 10.2 Å². The van der Waals surface area contributed by atoms with Crippen LogP contribution in [0.1, 0.15) is 67.7 Å². The normalized spacial score (nSPS) is 26.9. The molecule has 1 unspecified atom stereocenters. The Balaban J connectivity index is 1.32. The second-order valence-corrected chi connectivity index (χ2v) is 16.5. The molecule has 1 aliphatic heterocycles. The van der Waals surface area contributed by atoms with Crippen LogP contribution >= 0.6 is 11.3 Å². The van der Waals surface area contributed by atoms with Gasteiger partial charge < -0.3 is 14.1 Å². The number of rotatable bonds is 7. The van der Waals surface area contributed by atoms with Crippen molar-refractivity contribution in [2.24, 2.45) is 0 Å². The van der Waals surface area contributed by atoms with Crippen LogP contribution < -0.4 is 4.74 Å². The lowest BCUT2D eigenvalue weighted by molar-refractivity contribution is 0.0978. The Labute approximate surface area is 202 Å². The third-order valence-electron chi connectivity index (χ3n) is 7.41. The Morgan fingerprint density at radius 3 is 2.61 bits per heavy atom. The summed E-state index contributed by atoms with van der Waals surface area (Å²) in [6.07, 6.45) is 11.8. The van der Waals surface area contributed by atoms with Crippen LogP contribution in [0.4, 0.5) is 0 Å². The van der Waals surface area contributed by atoms with Gasteiger partial charge in [0, 0.05) is 10.9 Å². The zero-order chi connectivity index (χ0) is 23.0. The molecule has 1 saturated carbocycles. The highest BCUT2D eigenvalue weighted by atomic mass is 32.1. The highest BCUT2D eigenvalue weighted by molar-refractivity contribution is 7.19. The summed E-state index contributed by atoms with van der Waals surface area (Å²) in [5.74, 6) is 1.07. The van der Waals surface area contributed by atoms with Crippen molar-refractivity contribution in [2.75, 3.05) is 13.1 Å². The van der Waals surface area contributed by atoms with Gasteiger partial charge in [0.2, 0.25) is 5.88 Å². The number of nitrogens with zero attached hydrogens (tertiary/aromatic N) is 4. The van der Waals surface area contributed by atoms with Gasteiger partial charge in [-0.15, -0.1) is 11.3 Å². The molecule has 2 atom stereocenters. The van der Waals surface area contributed by atoms with Crippen LogP contribution in [0.3, 0.4) is 0 Å². The fraction of sp³-hybridized carbons (Fsp3) is 0.720. The first-order valence-electron chi connectivity index (χ1n) is 12.7. The number of fused-ring (bicyclic) bond motifs is 3. The molecule has 0 N–H and O–H groups in total. The van der Waals surface area contributed by atoms with E-state index in [2.05, 4.69) is 40.6 Å². The van der Waals surface area contributed by atoms with Crippen molar-refractivity contribution >= 4 is 29.9 Å². The molecule has 33 heavy (non-hydrogen) atoms. The average molecular weight is 485 g/mol. The minimum absolute atomic E-state index is 0.236. The van der Waals surface area contributed by atoms with E-state index in [9.17, 15) is 5.26 Å². The van der Waals surface area contributed by atoms with E-state index in [0.717, 1.165) is 54.2 Å². The molecular formula is C25H36N4O2SSi. The number of hydrogen-bond acceptors (Lipinski definition) is 7. The maximum atomic E-state index is 9.73. The highest BCUT2D eigenvalue weighted by Crippen LogP contribution is 2.48. The van der Waals surface area contributed by atoms with Crippen molar-refractivity contribution in [2.45, 2.75) is 102 Å². The third-order valence-corrected chi connectivity index (χ3v) is 9.58. The second-order valence-electron chi connectivity index (χ2n) is 10.9. The number of nitriles is 1. The Hall–Kier alpha value is -1.53. The van der Waals surface area contributed by atoms with E-state index in [1.165, 1.54) is 49.2 Å². The molecule has 3 heterocycles. The lowest BCUT2D eigenvalue weighted by atomic mass is 9.92. The van der Waals surface area contributed by atoms with E-state index < -0.39 is 8.32 Å². The van der Waals surface area contributed by atoms with Crippen molar-refractivity contribution in [3.05, 3.63) is 16.8 Å². The molecule has 0 aromatic carbocycles. The van der Waals surface area contributed by atoms with Gasteiger partial charge in [0.15, 0.2) is 8.32 Å². The first-order chi connectivity index (χ1) is 15.9. The highest BCUT2D eigenvalue weighted by Gasteiger charge is 2.34.